The summed E-state index contributed by atoms with van der Waals surface area (Å²) in [5.41, 5.74) is -1.10. The minimum Gasteiger partial charge on any atom is -0.467 e. The summed E-state index contributed by atoms with van der Waals surface area (Å²) >= 11 is 0. The molecule has 1 N–H and O–H groups in total. The lowest BCUT2D eigenvalue weighted by Gasteiger charge is -2.63. The number of esters is 2. The molecule has 1 aromatic rings. The van der Waals surface area contributed by atoms with Gasteiger partial charge in [0.25, 0.3) is 0 Å². The third-order valence-corrected chi connectivity index (χ3v) is 8.32. The van der Waals surface area contributed by atoms with E-state index in [0.29, 0.717) is 6.42 Å². The monoisotopic (exact) mass is 426 g/mol. The van der Waals surface area contributed by atoms with E-state index in [4.69, 9.17) is 9.47 Å². The number of benzene rings is 1. The molecule has 1 saturated heterocycles. The second-order valence-corrected chi connectivity index (χ2v) is 9.39. The molecule has 31 heavy (non-hydrogen) atoms. The number of methoxy groups -OCH3 is 1. The van der Waals surface area contributed by atoms with Crippen molar-refractivity contribution in [3.63, 3.8) is 0 Å². The maximum Gasteiger partial charge on any atom is 0.344 e. The maximum atomic E-state index is 13.4. The van der Waals surface area contributed by atoms with Gasteiger partial charge in [-0.3, -0.25) is 9.69 Å². The number of nitrogens with zero attached hydrogens (tertiary/aromatic N) is 2. The minimum absolute atomic E-state index is 0.0135. The Morgan fingerprint density at radius 1 is 1.26 bits per heavy atom. The fourth-order valence-corrected chi connectivity index (χ4v) is 7.53. The Bertz CT molecular complexity index is 978. The van der Waals surface area contributed by atoms with Crippen LogP contribution in [0.2, 0.25) is 0 Å². The number of rotatable bonds is 3. The van der Waals surface area contributed by atoms with E-state index in [0.717, 1.165) is 30.8 Å². The SMILES string of the molecule is CC[C@@]12C=CCN3CC[C@]4(c5ccccc5N(C)[C@@H]4[C@@](O)(C(=O)OC)[C@H]1OC(C)=O)[C@H]32. The Kier molecular flexibility index (Phi) is 4.34. The quantitative estimate of drug-likeness (QED) is 0.581. The number of hydrogen-bond donors (Lipinski definition) is 1. The highest BCUT2D eigenvalue weighted by atomic mass is 16.6. The molecule has 0 radical (unpaired) electrons. The molecular weight excluding hydrogens is 396 g/mol. The van der Waals surface area contributed by atoms with Crippen molar-refractivity contribution in [3.8, 4) is 0 Å². The molecule has 2 fully saturated rings. The number of carbonyl (C=O) groups excluding carboxylic acids is 2. The van der Waals surface area contributed by atoms with Crippen molar-refractivity contribution in [2.75, 3.05) is 32.1 Å². The Balaban J connectivity index is 1.87. The number of hydrogen-bond acceptors (Lipinski definition) is 7. The number of fused-ring (bicyclic) bond motifs is 1. The lowest BCUT2D eigenvalue weighted by molar-refractivity contribution is -0.228. The van der Waals surface area contributed by atoms with Gasteiger partial charge in [0, 0.05) is 43.1 Å². The molecule has 0 amide bonds. The summed E-state index contributed by atoms with van der Waals surface area (Å²) in [7, 11) is 3.19. The first kappa shape index (κ1) is 20.5. The highest BCUT2D eigenvalue weighted by Gasteiger charge is 2.80. The van der Waals surface area contributed by atoms with E-state index >= 15 is 0 Å². The van der Waals surface area contributed by atoms with Gasteiger partial charge in [0.05, 0.1) is 13.2 Å². The molecule has 1 saturated carbocycles. The summed E-state index contributed by atoms with van der Waals surface area (Å²) < 4.78 is 11.1. The normalized spacial score (nSPS) is 40.2. The highest BCUT2D eigenvalue weighted by Crippen LogP contribution is 2.67. The van der Waals surface area contributed by atoms with E-state index in [1.54, 1.807) is 0 Å². The maximum absolute atomic E-state index is 13.4. The van der Waals surface area contributed by atoms with E-state index in [2.05, 4.69) is 23.1 Å². The molecule has 1 aromatic carbocycles. The highest BCUT2D eigenvalue weighted by molar-refractivity contribution is 5.86. The molecule has 4 aliphatic rings. The summed E-state index contributed by atoms with van der Waals surface area (Å²) in [6, 6.07) is 7.53. The van der Waals surface area contributed by atoms with Gasteiger partial charge in [-0.25, -0.2) is 4.79 Å². The van der Waals surface area contributed by atoms with E-state index in [-0.39, 0.29) is 6.04 Å². The fourth-order valence-electron chi connectivity index (χ4n) is 7.53. The molecular formula is C24H30N2O5. The van der Waals surface area contributed by atoms with Gasteiger partial charge in [0.2, 0.25) is 5.60 Å². The lowest BCUT2D eigenvalue weighted by Crippen LogP contribution is -2.81. The van der Waals surface area contributed by atoms with Crippen LogP contribution < -0.4 is 4.90 Å². The summed E-state index contributed by atoms with van der Waals surface area (Å²) in [6.45, 7) is 5.02. The molecule has 166 valence electrons. The van der Waals surface area contributed by atoms with Gasteiger partial charge < -0.3 is 19.5 Å². The van der Waals surface area contributed by atoms with Gasteiger partial charge in [-0.1, -0.05) is 37.3 Å². The van der Waals surface area contributed by atoms with Crippen molar-refractivity contribution in [2.24, 2.45) is 5.41 Å². The van der Waals surface area contributed by atoms with Crippen LogP contribution in [0.1, 0.15) is 32.3 Å². The van der Waals surface area contributed by atoms with E-state index in [9.17, 15) is 14.7 Å². The number of para-hydroxylation sites is 1. The first-order valence-electron chi connectivity index (χ1n) is 11.0. The van der Waals surface area contributed by atoms with Crippen LogP contribution in [0.3, 0.4) is 0 Å². The molecule has 0 unspecified atom stereocenters. The predicted molar refractivity (Wildman–Crippen MR) is 115 cm³/mol. The Labute approximate surface area is 182 Å². The number of anilines is 1. The topological polar surface area (TPSA) is 79.3 Å². The number of aliphatic hydroxyl groups is 1. The molecule has 6 atom stereocenters. The van der Waals surface area contributed by atoms with Gasteiger partial charge in [-0.2, -0.15) is 0 Å². The average molecular weight is 427 g/mol. The van der Waals surface area contributed by atoms with E-state index in [1.807, 2.05) is 37.1 Å². The van der Waals surface area contributed by atoms with Crippen LogP contribution in [0.4, 0.5) is 5.69 Å². The Morgan fingerprint density at radius 2 is 2.00 bits per heavy atom. The van der Waals surface area contributed by atoms with Crippen LogP contribution in [0.5, 0.6) is 0 Å². The van der Waals surface area contributed by atoms with Crippen LogP contribution in [0, 0.1) is 5.41 Å². The van der Waals surface area contributed by atoms with Crippen LogP contribution >= 0.6 is 0 Å². The van der Waals surface area contributed by atoms with Gasteiger partial charge in [0.15, 0.2) is 6.10 Å². The van der Waals surface area contributed by atoms with Gasteiger partial charge in [-0.05, 0) is 31.0 Å². The second kappa shape index (κ2) is 6.56. The fraction of sp³-hybridized carbons (Fsp3) is 0.583. The van der Waals surface area contributed by atoms with Gasteiger partial charge >= 0.3 is 11.9 Å². The number of carbonyl (C=O) groups is 2. The molecule has 7 nitrogen and oxygen atoms in total. The summed E-state index contributed by atoms with van der Waals surface area (Å²) in [6.07, 6.45) is 4.52. The summed E-state index contributed by atoms with van der Waals surface area (Å²) in [4.78, 5) is 30.1. The van der Waals surface area contributed by atoms with Gasteiger partial charge in [-0.15, -0.1) is 0 Å². The van der Waals surface area contributed by atoms with Gasteiger partial charge in [0.1, 0.15) is 0 Å². The predicted octanol–water partition coefficient (Wildman–Crippen LogP) is 1.63. The minimum atomic E-state index is -2.03. The largest absolute Gasteiger partial charge is 0.467 e. The van der Waals surface area contributed by atoms with Crippen molar-refractivity contribution >= 4 is 17.6 Å². The third kappa shape index (κ3) is 2.21. The first-order chi connectivity index (χ1) is 14.8. The molecule has 0 aromatic heterocycles. The third-order valence-electron chi connectivity index (χ3n) is 8.32. The second-order valence-electron chi connectivity index (χ2n) is 9.39. The number of likely N-dealkylation sites (N-methyl/N-ethyl adjacent to an activating group) is 1. The van der Waals surface area contributed by atoms with Crippen LogP contribution in [0.25, 0.3) is 0 Å². The average Bonchev–Trinajstić information content (AvgIpc) is 3.28. The van der Waals surface area contributed by atoms with Crippen LogP contribution in [-0.4, -0.2) is 73.0 Å². The van der Waals surface area contributed by atoms with E-state index in [1.165, 1.54) is 14.0 Å². The Morgan fingerprint density at radius 3 is 2.68 bits per heavy atom. The van der Waals surface area contributed by atoms with Crippen LogP contribution in [0.15, 0.2) is 36.4 Å². The molecule has 3 aliphatic heterocycles. The molecule has 0 bridgehead atoms. The lowest BCUT2D eigenvalue weighted by atomic mass is 9.47. The molecule has 1 aliphatic carbocycles. The Hall–Kier alpha value is -2.38. The molecule has 7 heteroatoms. The zero-order chi connectivity index (χ0) is 22.2. The van der Waals surface area contributed by atoms with Crippen molar-refractivity contribution in [3.05, 3.63) is 42.0 Å². The molecule has 3 heterocycles. The van der Waals surface area contributed by atoms with Crippen LogP contribution in [-0.2, 0) is 24.5 Å². The number of ether oxygens (including phenoxy) is 2. The van der Waals surface area contributed by atoms with Crippen molar-refractivity contribution < 1.29 is 24.2 Å². The van der Waals surface area contributed by atoms with Crippen molar-refractivity contribution in [1.82, 2.24) is 4.90 Å². The zero-order valence-corrected chi connectivity index (χ0v) is 18.5. The molecule has 5 rings (SSSR count). The molecule has 1 spiro atoms. The zero-order valence-electron chi connectivity index (χ0n) is 18.5. The van der Waals surface area contributed by atoms with Crippen molar-refractivity contribution in [1.29, 1.82) is 0 Å². The summed E-state index contributed by atoms with van der Waals surface area (Å²) in [5, 5.41) is 12.4. The summed E-state index contributed by atoms with van der Waals surface area (Å²) in [5.74, 6) is -1.28. The smallest absolute Gasteiger partial charge is 0.344 e. The first-order valence-corrected chi connectivity index (χ1v) is 11.0. The van der Waals surface area contributed by atoms with E-state index < -0.39 is 40.5 Å². The standard InChI is InChI=1S/C24H30N2O5/c1-5-22-11-8-13-26-14-12-23(18(22)26)16-9-6-7-10-17(16)25(3)19(23)24(29,21(28)30-4)20(22)31-15(2)27/h6-11,18-20,29H,5,12-14H2,1-4H3/t18-,19+,20+,22+,23+,24+/m1/s1. The van der Waals surface area contributed by atoms with Crippen molar-refractivity contribution in [2.45, 2.75) is 55.9 Å².